The number of halogens is 6. The van der Waals surface area contributed by atoms with E-state index in [9.17, 15) is 26.3 Å². The normalized spacial score (nSPS) is 12.3. The van der Waals surface area contributed by atoms with E-state index in [1.807, 2.05) is 60.7 Å². The topological polar surface area (TPSA) is 17.8 Å². The summed E-state index contributed by atoms with van der Waals surface area (Å²) in [5.41, 5.74) is -3.04. The number of nitrogens with zero attached hydrogens (tertiary/aromatic N) is 2. The fourth-order valence-electron chi connectivity index (χ4n) is 3.36. The van der Waals surface area contributed by atoms with E-state index in [0.717, 1.165) is 16.7 Å². The maximum Gasteiger partial charge on any atom is 0.417 e. The molecule has 0 bridgehead atoms. The van der Waals surface area contributed by atoms with Gasteiger partial charge in [-0.25, -0.2) is 4.98 Å². The Morgan fingerprint density at radius 3 is 1.69 bits per heavy atom. The van der Waals surface area contributed by atoms with E-state index in [1.165, 1.54) is 17.0 Å². The lowest BCUT2D eigenvalue weighted by molar-refractivity contribution is -0.162. The lowest BCUT2D eigenvalue weighted by Gasteiger charge is -2.21. The molecule has 0 atom stereocenters. The van der Waals surface area contributed by atoms with Gasteiger partial charge in [0, 0.05) is 26.0 Å². The van der Waals surface area contributed by atoms with Gasteiger partial charge in [-0.2, -0.15) is 26.3 Å². The maximum atomic E-state index is 13.5. The summed E-state index contributed by atoms with van der Waals surface area (Å²) in [5, 5.41) is 1.81. The predicted molar refractivity (Wildman–Crippen MR) is 112 cm³/mol. The van der Waals surface area contributed by atoms with Crippen LogP contribution in [0.5, 0.6) is 0 Å². The van der Waals surface area contributed by atoms with Crippen LogP contribution in [0, 0.1) is 0 Å². The zero-order chi connectivity index (χ0) is 22.9. The van der Waals surface area contributed by atoms with Crippen molar-refractivity contribution in [2.45, 2.75) is 12.4 Å². The fourth-order valence-corrected chi connectivity index (χ4v) is 5.64. The SMILES string of the molecule is FC(F)(F)c1ccc(-n2ccnc2P(c2ccccc2)c2ccccc2)cc1C(F)(F)F. The molecule has 0 radical (unpaired) electrons. The molecule has 0 aliphatic heterocycles. The van der Waals surface area contributed by atoms with E-state index >= 15 is 0 Å². The van der Waals surface area contributed by atoms with Gasteiger partial charge in [0.15, 0.2) is 0 Å². The third-order valence-electron chi connectivity index (χ3n) is 4.74. The Hall–Kier alpha value is -3.12. The highest BCUT2D eigenvalue weighted by atomic mass is 31.1. The smallest absolute Gasteiger partial charge is 0.300 e. The molecule has 2 nitrogen and oxygen atoms in total. The van der Waals surface area contributed by atoms with Crippen LogP contribution in [0.3, 0.4) is 0 Å². The van der Waals surface area contributed by atoms with Gasteiger partial charge in [-0.15, -0.1) is 0 Å². The number of hydrogen-bond donors (Lipinski definition) is 0. The van der Waals surface area contributed by atoms with Crippen molar-refractivity contribution in [3.63, 3.8) is 0 Å². The first-order valence-corrected chi connectivity index (χ1v) is 10.7. The van der Waals surface area contributed by atoms with Crippen molar-refractivity contribution in [2.24, 2.45) is 0 Å². The van der Waals surface area contributed by atoms with Gasteiger partial charge in [0.25, 0.3) is 0 Å². The van der Waals surface area contributed by atoms with Gasteiger partial charge >= 0.3 is 12.4 Å². The Kier molecular flexibility index (Phi) is 5.82. The van der Waals surface area contributed by atoms with Crippen LogP contribution in [0.25, 0.3) is 5.69 Å². The molecule has 1 heterocycles. The van der Waals surface area contributed by atoms with Crippen LogP contribution in [-0.4, -0.2) is 9.55 Å². The molecule has 0 aliphatic rings. The van der Waals surface area contributed by atoms with E-state index < -0.39 is 31.4 Å². The number of benzene rings is 3. The zero-order valence-corrected chi connectivity index (χ0v) is 17.2. The predicted octanol–water partition coefficient (Wildman–Crippen LogP) is 5.67. The van der Waals surface area contributed by atoms with Crippen molar-refractivity contribution in [1.82, 2.24) is 9.55 Å². The van der Waals surface area contributed by atoms with E-state index in [-0.39, 0.29) is 5.69 Å². The highest BCUT2D eigenvalue weighted by molar-refractivity contribution is 7.79. The molecule has 0 unspecified atom stereocenters. The summed E-state index contributed by atoms with van der Waals surface area (Å²) in [6, 6.07) is 20.7. The standard InChI is InChI=1S/C23H15F6N2P/c24-22(25,26)19-12-11-16(15-20(19)23(27,28)29)31-14-13-30-21(31)32(17-7-3-1-4-8-17)18-9-5-2-6-10-18/h1-15H. The quantitative estimate of drug-likeness (QED) is 0.281. The third-order valence-corrected chi connectivity index (χ3v) is 7.10. The van der Waals surface area contributed by atoms with Gasteiger partial charge in [0.1, 0.15) is 5.57 Å². The Morgan fingerprint density at radius 2 is 1.19 bits per heavy atom. The van der Waals surface area contributed by atoms with E-state index in [4.69, 9.17) is 0 Å². The number of aromatic nitrogens is 2. The first-order chi connectivity index (χ1) is 15.2. The fraction of sp³-hybridized carbons (Fsp3) is 0.0870. The summed E-state index contributed by atoms with van der Waals surface area (Å²) in [4.78, 5) is 4.40. The molecule has 0 fully saturated rings. The number of rotatable bonds is 4. The molecule has 0 spiro atoms. The van der Waals surface area contributed by atoms with Crippen molar-refractivity contribution in [3.05, 3.63) is 102 Å². The minimum Gasteiger partial charge on any atom is -0.300 e. The van der Waals surface area contributed by atoms with Crippen LogP contribution in [0.4, 0.5) is 26.3 Å². The van der Waals surface area contributed by atoms with Gasteiger partial charge in [-0.3, -0.25) is 4.57 Å². The van der Waals surface area contributed by atoms with Crippen LogP contribution < -0.4 is 16.2 Å². The average Bonchev–Trinajstić information content (AvgIpc) is 3.23. The molecule has 3 aromatic carbocycles. The first-order valence-electron chi connectivity index (χ1n) is 9.38. The van der Waals surface area contributed by atoms with Gasteiger partial charge in [0.05, 0.1) is 11.1 Å². The molecular formula is C23H15F6N2P. The first kappa shape index (κ1) is 22.1. The second kappa shape index (κ2) is 8.43. The molecular weight excluding hydrogens is 449 g/mol. The van der Waals surface area contributed by atoms with Crippen molar-refractivity contribution in [2.75, 3.05) is 0 Å². The second-order valence-corrected chi connectivity index (χ2v) is 8.93. The minimum atomic E-state index is -5.16. The van der Waals surface area contributed by atoms with Crippen LogP contribution in [0.2, 0.25) is 0 Å². The van der Waals surface area contributed by atoms with Gasteiger partial charge < -0.3 is 0 Å². The van der Waals surface area contributed by atoms with Crippen molar-refractivity contribution < 1.29 is 26.3 Å². The summed E-state index contributed by atoms with van der Waals surface area (Å²) >= 11 is 0. The zero-order valence-electron chi connectivity index (χ0n) is 16.3. The Labute approximate surface area is 180 Å². The van der Waals surface area contributed by atoms with E-state index in [1.54, 1.807) is 0 Å². The summed E-state index contributed by atoms with van der Waals surface area (Å²) in [6.07, 6.45) is -7.40. The molecule has 0 N–H and O–H groups in total. The molecule has 0 saturated heterocycles. The Morgan fingerprint density at radius 1 is 0.656 bits per heavy atom. The third kappa shape index (κ3) is 4.41. The van der Waals surface area contributed by atoms with Crippen molar-refractivity contribution in [1.29, 1.82) is 0 Å². The van der Waals surface area contributed by atoms with Gasteiger partial charge in [0.2, 0.25) is 0 Å². The maximum absolute atomic E-state index is 13.5. The molecule has 0 aliphatic carbocycles. The molecule has 4 aromatic rings. The van der Waals surface area contributed by atoms with Gasteiger partial charge in [-0.05, 0) is 28.8 Å². The lowest BCUT2D eigenvalue weighted by atomic mass is 10.1. The van der Waals surface area contributed by atoms with Crippen LogP contribution >= 0.6 is 7.92 Å². The molecule has 0 amide bonds. The van der Waals surface area contributed by atoms with E-state index in [0.29, 0.717) is 17.7 Å². The number of imidazole rings is 1. The minimum absolute atomic E-state index is 0.0443. The molecule has 4 rings (SSSR count). The highest BCUT2D eigenvalue weighted by Crippen LogP contribution is 2.41. The van der Waals surface area contributed by atoms with Crippen molar-refractivity contribution >= 4 is 24.1 Å². The lowest BCUT2D eigenvalue weighted by Crippen LogP contribution is -2.27. The monoisotopic (exact) mass is 464 g/mol. The molecule has 9 heteroatoms. The van der Waals surface area contributed by atoms with Crippen LogP contribution in [0.15, 0.2) is 91.3 Å². The van der Waals surface area contributed by atoms with Crippen molar-refractivity contribution in [3.8, 4) is 5.69 Å². The van der Waals surface area contributed by atoms with E-state index in [2.05, 4.69) is 4.98 Å². The molecule has 1 aromatic heterocycles. The van der Waals surface area contributed by atoms with Crippen LogP contribution in [0.1, 0.15) is 11.1 Å². The molecule has 0 saturated carbocycles. The summed E-state index contributed by atoms with van der Waals surface area (Å²) in [5.74, 6) is 0. The average molecular weight is 464 g/mol. The second-order valence-electron chi connectivity index (χ2n) is 6.83. The highest BCUT2D eigenvalue weighted by Gasteiger charge is 2.43. The Balaban J connectivity index is 1.89. The molecule has 164 valence electrons. The summed E-state index contributed by atoms with van der Waals surface area (Å²) in [6.45, 7) is 0. The number of alkyl halides is 6. The summed E-state index contributed by atoms with van der Waals surface area (Å²) < 4.78 is 81.4. The number of hydrogen-bond acceptors (Lipinski definition) is 1. The van der Waals surface area contributed by atoms with Gasteiger partial charge in [-0.1, -0.05) is 60.7 Å². The van der Waals surface area contributed by atoms with Crippen LogP contribution in [-0.2, 0) is 12.4 Å². The summed E-state index contributed by atoms with van der Waals surface area (Å²) in [7, 11) is -1.27. The Bertz CT molecular complexity index is 1160. The molecule has 32 heavy (non-hydrogen) atoms. The largest absolute Gasteiger partial charge is 0.417 e.